The van der Waals surface area contributed by atoms with Crippen molar-refractivity contribution in [3.05, 3.63) is 0 Å². The van der Waals surface area contributed by atoms with Gasteiger partial charge < -0.3 is 15.9 Å². The summed E-state index contributed by atoms with van der Waals surface area (Å²) in [7, 11) is 0. The zero-order valence-corrected chi connectivity index (χ0v) is 11.5. The molecule has 2 rings (SSSR count). The second kappa shape index (κ2) is 6.33. The molecule has 0 bridgehead atoms. The number of hydrogen-bond acceptors (Lipinski definition) is 4. The molecule has 1 heterocycles. The highest BCUT2D eigenvalue weighted by Gasteiger charge is 2.39. The van der Waals surface area contributed by atoms with Crippen LogP contribution >= 0.6 is 0 Å². The Balaban J connectivity index is 1.98. The van der Waals surface area contributed by atoms with E-state index in [1.165, 1.54) is 32.1 Å². The third-order valence-electron chi connectivity index (χ3n) is 4.82. The molecular formula is C14H28N2O2. The molecule has 4 nitrogen and oxygen atoms in total. The van der Waals surface area contributed by atoms with Gasteiger partial charge >= 0.3 is 0 Å². The van der Waals surface area contributed by atoms with Gasteiger partial charge in [0.25, 0.3) is 0 Å². The summed E-state index contributed by atoms with van der Waals surface area (Å²) in [5, 5.41) is 19.4. The van der Waals surface area contributed by atoms with Gasteiger partial charge in [0, 0.05) is 19.1 Å². The predicted octanol–water partition coefficient (Wildman–Crippen LogP) is 0.567. The highest BCUT2D eigenvalue weighted by molar-refractivity contribution is 4.93. The SMILES string of the molecule is CCCC1CCC(CN)C(N2CC(O)C(O)C2)C1. The van der Waals surface area contributed by atoms with Gasteiger partial charge in [-0.2, -0.15) is 0 Å². The van der Waals surface area contributed by atoms with Crippen LogP contribution in [-0.4, -0.2) is 53.0 Å². The first kappa shape index (κ1) is 14.3. The number of rotatable bonds is 4. The molecule has 5 atom stereocenters. The minimum atomic E-state index is -0.574. The fourth-order valence-corrected chi connectivity index (χ4v) is 3.76. The van der Waals surface area contributed by atoms with Crippen molar-refractivity contribution in [1.82, 2.24) is 4.90 Å². The summed E-state index contributed by atoms with van der Waals surface area (Å²) in [6, 6.07) is 0.465. The molecule has 0 aromatic rings. The van der Waals surface area contributed by atoms with Crippen molar-refractivity contribution in [3.8, 4) is 0 Å². The first-order valence-corrected chi connectivity index (χ1v) is 7.46. The van der Waals surface area contributed by atoms with Crippen molar-refractivity contribution >= 4 is 0 Å². The van der Waals surface area contributed by atoms with E-state index in [9.17, 15) is 10.2 Å². The number of likely N-dealkylation sites (tertiary alicyclic amines) is 1. The molecule has 2 fully saturated rings. The van der Waals surface area contributed by atoms with Crippen LogP contribution in [0.5, 0.6) is 0 Å². The summed E-state index contributed by atoms with van der Waals surface area (Å²) in [4.78, 5) is 2.27. The first-order valence-electron chi connectivity index (χ1n) is 7.46. The minimum Gasteiger partial charge on any atom is -0.389 e. The molecule has 0 radical (unpaired) electrons. The summed E-state index contributed by atoms with van der Waals surface area (Å²) in [6.45, 7) is 4.20. The van der Waals surface area contributed by atoms with Crippen molar-refractivity contribution in [2.24, 2.45) is 17.6 Å². The number of aliphatic hydroxyl groups is 2. The van der Waals surface area contributed by atoms with Gasteiger partial charge in [0.15, 0.2) is 0 Å². The van der Waals surface area contributed by atoms with Crippen LogP contribution in [0.1, 0.15) is 39.0 Å². The van der Waals surface area contributed by atoms with E-state index in [0.29, 0.717) is 25.0 Å². The lowest BCUT2D eigenvalue weighted by Crippen LogP contribution is -2.46. The summed E-state index contributed by atoms with van der Waals surface area (Å²) in [6.07, 6.45) is 5.09. The number of β-amino-alcohol motifs (C(OH)–C–C–N with tert-alkyl or cyclic N) is 2. The normalized spacial score (nSPS) is 42.3. The fraction of sp³-hybridized carbons (Fsp3) is 1.00. The van der Waals surface area contributed by atoms with Gasteiger partial charge in [-0.25, -0.2) is 0 Å². The third-order valence-corrected chi connectivity index (χ3v) is 4.82. The summed E-state index contributed by atoms with van der Waals surface area (Å²) < 4.78 is 0. The van der Waals surface area contributed by atoms with E-state index in [4.69, 9.17) is 5.73 Å². The molecule has 18 heavy (non-hydrogen) atoms. The maximum absolute atomic E-state index is 9.70. The molecule has 0 aromatic carbocycles. The van der Waals surface area contributed by atoms with Crippen molar-refractivity contribution in [1.29, 1.82) is 0 Å². The van der Waals surface area contributed by atoms with E-state index in [2.05, 4.69) is 11.8 Å². The monoisotopic (exact) mass is 256 g/mol. The number of hydrogen-bond donors (Lipinski definition) is 3. The number of nitrogens with zero attached hydrogens (tertiary/aromatic N) is 1. The molecule has 0 aromatic heterocycles. The zero-order valence-electron chi connectivity index (χ0n) is 11.5. The van der Waals surface area contributed by atoms with Crippen molar-refractivity contribution < 1.29 is 10.2 Å². The first-order chi connectivity index (χ1) is 8.65. The Morgan fingerprint density at radius 3 is 2.39 bits per heavy atom. The minimum absolute atomic E-state index is 0.465. The second-order valence-corrected chi connectivity index (χ2v) is 6.12. The van der Waals surface area contributed by atoms with Crippen LogP contribution < -0.4 is 5.73 Å². The van der Waals surface area contributed by atoms with Crippen LogP contribution in [0.25, 0.3) is 0 Å². The van der Waals surface area contributed by atoms with Crippen LogP contribution in [0.4, 0.5) is 0 Å². The van der Waals surface area contributed by atoms with E-state index in [1.807, 2.05) is 0 Å². The van der Waals surface area contributed by atoms with Gasteiger partial charge in [0.1, 0.15) is 0 Å². The summed E-state index contributed by atoms with van der Waals surface area (Å²) in [5.74, 6) is 1.34. The Hall–Kier alpha value is -0.160. The van der Waals surface area contributed by atoms with Crippen LogP contribution in [0.2, 0.25) is 0 Å². The number of nitrogens with two attached hydrogens (primary N) is 1. The largest absolute Gasteiger partial charge is 0.389 e. The summed E-state index contributed by atoms with van der Waals surface area (Å²) in [5.41, 5.74) is 5.90. The third kappa shape index (κ3) is 3.05. The summed E-state index contributed by atoms with van der Waals surface area (Å²) >= 11 is 0. The molecule has 4 heteroatoms. The van der Waals surface area contributed by atoms with Crippen molar-refractivity contribution in [3.63, 3.8) is 0 Å². The molecule has 1 aliphatic heterocycles. The molecular weight excluding hydrogens is 228 g/mol. The smallest absolute Gasteiger partial charge is 0.0938 e. The highest BCUT2D eigenvalue weighted by Crippen LogP contribution is 2.35. The van der Waals surface area contributed by atoms with Crippen LogP contribution in [-0.2, 0) is 0 Å². The molecule has 2 aliphatic rings. The standard InChI is InChI=1S/C14H28N2O2/c1-2-3-10-4-5-11(7-15)12(6-10)16-8-13(17)14(18)9-16/h10-14,17-18H,2-9,15H2,1H3. The topological polar surface area (TPSA) is 69.7 Å². The van der Waals surface area contributed by atoms with E-state index >= 15 is 0 Å². The Bertz CT molecular complexity index is 252. The van der Waals surface area contributed by atoms with Crippen LogP contribution in [0.3, 0.4) is 0 Å². The Morgan fingerprint density at radius 2 is 1.83 bits per heavy atom. The number of aliphatic hydroxyl groups excluding tert-OH is 2. The lowest BCUT2D eigenvalue weighted by atomic mass is 9.76. The van der Waals surface area contributed by atoms with Gasteiger partial charge in [-0.05, 0) is 31.2 Å². The fourth-order valence-electron chi connectivity index (χ4n) is 3.76. The van der Waals surface area contributed by atoms with Crippen molar-refractivity contribution in [2.45, 2.75) is 57.3 Å². The predicted molar refractivity (Wildman–Crippen MR) is 72.2 cm³/mol. The quantitative estimate of drug-likeness (QED) is 0.688. The van der Waals surface area contributed by atoms with Gasteiger partial charge in [-0.1, -0.05) is 26.2 Å². The average molecular weight is 256 g/mol. The van der Waals surface area contributed by atoms with E-state index < -0.39 is 12.2 Å². The van der Waals surface area contributed by atoms with Crippen molar-refractivity contribution in [2.75, 3.05) is 19.6 Å². The van der Waals surface area contributed by atoms with Crippen LogP contribution in [0.15, 0.2) is 0 Å². The molecule has 1 saturated carbocycles. The molecule has 1 saturated heterocycles. The van der Waals surface area contributed by atoms with E-state index in [0.717, 1.165) is 12.5 Å². The van der Waals surface area contributed by atoms with Gasteiger partial charge in [0.05, 0.1) is 12.2 Å². The maximum Gasteiger partial charge on any atom is 0.0938 e. The molecule has 0 amide bonds. The molecule has 1 aliphatic carbocycles. The Morgan fingerprint density at radius 1 is 1.17 bits per heavy atom. The zero-order chi connectivity index (χ0) is 13.1. The maximum atomic E-state index is 9.70. The van der Waals surface area contributed by atoms with E-state index in [-0.39, 0.29) is 0 Å². The average Bonchev–Trinajstić information content (AvgIpc) is 2.70. The lowest BCUT2D eigenvalue weighted by molar-refractivity contribution is 0.0572. The van der Waals surface area contributed by atoms with Gasteiger partial charge in [-0.15, -0.1) is 0 Å². The second-order valence-electron chi connectivity index (χ2n) is 6.12. The Kier molecular flexibility index (Phi) is 5.01. The van der Waals surface area contributed by atoms with Gasteiger partial charge in [0.2, 0.25) is 0 Å². The van der Waals surface area contributed by atoms with Crippen LogP contribution in [0, 0.1) is 11.8 Å². The molecule has 106 valence electrons. The van der Waals surface area contributed by atoms with Gasteiger partial charge in [-0.3, -0.25) is 4.90 Å². The van der Waals surface area contributed by atoms with E-state index in [1.54, 1.807) is 0 Å². The molecule has 0 spiro atoms. The Labute approximate surface area is 110 Å². The molecule has 5 unspecified atom stereocenters. The molecule has 4 N–H and O–H groups in total. The highest BCUT2D eigenvalue weighted by atomic mass is 16.3. The lowest BCUT2D eigenvalue weighted by Gasteiger charge is -2.41.